The van der Waals surface area contributed by atoms with Gasteiger partial charge in [-0.05, 0) is 56.2 Å². The van der Waals surface area contributed by atoms with Crippen LogP contribution in [0.5, 0.6) is 0 Å². The zero-order valence-electron chi connectivity index (χ0n) is 17.9. The molecule has 4 aliphatic rings. The molecular formula is C31H20OS. The van der Waals surface area contributed by atoms with Gasteiger partial charge >= 0.3 is 0 Å². The van der Waals surface area contributed by atoms with Crippen LogP contribution in [0.15, 0.2) is 121 Å². The molecule has 0 N–H and O–H groups in total. The largest absolute Gasteiger partial charge is 0.212 e. The van der Waals surface area contributed by atoms with E-state index in [4.69, 9.17) is 0 Å². The maximum atomic E-state index is 13.0. The fourth-order valence-corrected chi connectivity index (χ4v) is 7.02. The van der Waals surface area contributed by atoms with Crippen molar-refractivity contribution in [1.82, 2.24) is 0 Å². The molecule has 4 aromatic rings. The summed E-state index contributed by atoms with van der Waals surface area (Å²) >= 11 is 0.658. The molecule has 2 bridgehead atoms. The molecule has 0 radical (unpaired) electrons. The van der Waals surface area contributed by atoms with Crippen molar-refractivity contribution in [3.8, 4) is 0 Å². The zero-order valence-corrected chi connectivity index (χ0v) is 18.7. The van der Waals surface area contributed by atoms with Crippen molar-refractivity contribution in [1.29, 1.82) is 0 Å². The molecule has 0 fully saturated rings. The molecule has 0 atom stereocenters. The topological polar surface area (TPSA) is 17.1 Å². The summed E-state index contributed by atoms with van der Waals surface area (Å²) in [5.74, 6) is 0.154. The van der Waals surface area contributed by atoms with E-state index in [1.807, 2.05) is 6.07 Å². The lowest BCUT2D eigenvalue weighted by Crippen LogP contribution is -2.45. The molecule has 0 aromatic heterocycles. The Labute approximate surface area is 196 Å². The quantitative estimate of drug-likeness (QED) is 0.331. The van der Waals surface area contributed by atoms with Crippen molar-refractivity contribution < 1.29 is 4.21 Å². The zero-order chi connectivity index (χ0) is 22.0. The van der Waals surface area contributed by atoms with E-state index in [0.29, 0.717) is 11.3 Å². The molecular weight excluding hydrogens is 420 g/mol. The highest BCUT2D eigenvalue weighted by Crippen LogP contribution is 2.65. The maximum absolute atomic E-state index is 13.0. The van der Waals surface area contributed by atoms with Crippen LogP contribution in [0, 0.1) is 0 Å². The van der Waals surface area contributed by atoms with Crippen LogP contribution in [-0.2, 0) is 16.7 Å². The Bertz CT molecular complexity index is 1510. The molecule has 8 rings (SSSR count). The molecule has 0 saturated carbocycles. The first kappa shape index (κ1) is 18.8. The van der Waals surface area contributed by atoms with Crippen LogP contribution < -0.4 is 0 Å². The third-order valence-electron chi connectivity index (χ3n) is 7.46. The van der Waals surface area contributed by atoms with E-state index in [1.54, 1.807) is 0 Å². The van der Waals surface area contributed by atoms with Gasteiger partial charge in [-0.2, -0.15) is 0 Å². The molecule has 0 amide bonds. The first-order chi connectivity index (χ1) is 16.4. The second kappa shape index (κ2) is 6.87. The Balaban J connectivity index is 1.68. The lowest BCUT2D eigenvalue weighted by molar-refractivity contribution is 0.698. The Kier molecular flexibility index (Phi) is 3.91. The van der Waals surface area contributed by atoms with Crippen molar-refractivity contribution in [2.24, 2.45) is 0 Å². The second-order valence-electron chi connectivity index (χ2n) is 8.89. The molecule has 156 valence electrons. The van der Waals surface area contributed by atoms with Crippen LogP contribution in [0.4, 0.5) is 0 Å². The van der Waals surface area contributed by atoms with Crippen LogP contribution >= 0.6 is 0 Å². The normalized spacial score (nSPS) is 21.9. The van der Waals surface area contributed by atoms with Gasteiger partial charge in [-0.25, -0.2) is 4.21 Å². The summed E-state index contributed by atoms with van der Waals surface area (Å²) < 4.78 is 13.0. The van der Waals surface area contributed by atoms with Gasteiger partial charge in [0.05, 0.1) is 21.5 Å². The lowest BCUT2D eigenvalue weighted by atomic mass is 9.52. The molecule has 4 aromatic carbocycles. The minimum Gasteiger partial charge on any atom is -0.212 e. The number of allylic oxidation sites excluding steroid dienone is 4. The maximum Gasteiger partial charge on any atom is 0.0944 e. The Morgan fingerprint density at radius 3 is 1.70 bits per heavy atom. The second-order valence-corrected chi connectivity index (χ2v) is 9.46. The Hall–Kier alpha value is -3.75. The van der Waals surface area contributed by atoms with E-state index >= 15 is 0 Å². The summed E-state index contributed by atoms with van der Waals surface area (Å²) in [6.07, 6.45) is 2.30. The standard InChI is InChI=1S/C31H20OS/c32-33-30-24(20-11-3-1-4-12-20)19-27-28(21-13-5-2-6-14-21)29-22-15-7-9-17-25(22)31(27,30)26-18-10-8-16-23(26)29/h1-19,29H. The van der Waals surface area contributed by atoms with Gasteiger partial charge in [0.25, 0.3) is 0 Å². The lowest BCUT2D eigenvalue weighted by Gasteiger charge is -2.49. The SMILES string of the molecule is O=S=C1C(c2ccccc2)=CC2=C(c3ccccc3)C3c4ccccc4C12c1ccccc13. The van der Waals surface area contributed by atoms with Crippen molar-refractivity contribution >= 4 is 27.3 Å². The highest BCUT2D eigenvalue weighted by atomic mass is 32.1. The third-order valence-corrected chi connectivity index (χ3v) is 8.15. The smallest absolute Gasteiger partial charge is 0.0944 e. The van der Waals surface area contributed by atoms with Gasteiger partial charge in [-0.1, -0.05) is 109 Å². The summed E-state index contributed by atoms with van der Waals surface area (Å²) in [4.78, 5) is 0.884. The number of hydrogen-bond acceptors (Lipinski definition) is 1. The summed E-state index contributed by atoms with van der Waals surface area (Å²) in [7, 11) is 0. The summed E-state index contributed by atoms with van der Waals surface area (Å²) in [6, 6.07) is 38.5. The minimum absolute atomic E-state index is 0.154. The predicted octanol–water partition coefficient (Wildman–Crippen LogP) is 6.37. The van der Waals surface area contributed by atoms with E-state index in [2.05, 4.69) is 109 Å². The number of benzene rings is 4. The molecule has 0 unspecified atom stereocenters. The van der Waals surface area contributed by atoms with Gasteiger partial charge in [0.1, 0.15) is 0 Å². The van der Waals surface area contributed by atoms with Gasteiger partial charge < -0.3 is 0 Å². The number of hydrogen-bond donors (Lipinski definition) is 0. The molecule has 0 saturated heterocycles. The van der Waals surface area contributed by atoms with Crippen LogP contribution in [-0.4, -0.2) is 9.07 Å². The predicted molar refractivity (Wildman–Crippen MR) is 136 cm³/mol. The average Bonchev–Trinajstić information content (AvgIpc) is 3.25. The van der Waals surface area contributed by atoms with Crippen LogP contribution in [0.2, 0.25) is 0 Å². The summed E-state index contributed by atoms with van der Waals surface area (Å²) in [5.41, 5.74) is 10.5. The monoisotopic (exact) mass is 440 g/mol. The highest BCUT2D eigenvalue weighted by Gasteiger charge is 2.58. The molecule has 4 aliphatic carbocycles. The van der Waals surface area contributed by atoms with Crippen molar-refractivity contribution in [3.63, 3.8) is 0 Å². The van der Waals surface area contributed by atoms with Gasteiger partial charge in [0.15, 0.2) is 0 Å². The van der Waals surface area contributed by atoms with Crippen molar-refractivity contribution in [3.05, 3.63) is 154 Å². The van der Waals surface area contributed by atoms with Gasteiger partial charge in [-0.3, -0.25) is 0 Å². The van der Waals surface area contributed by atoms with Gasteiger partial charge in [0.2, 0.25) is 0 Å². The summed E-state index contributed by atoms with van der Waals surface area (Å²) in [6.45, 7) is 0. The van der Waals surface area contributed by atoms with E-state index in [1.165, 1.54) is 39.0 Å². The average molecular weight is 441 g/mol. The van der Waals surface area contributed by atoms with Crippen molar-refractivity contribution in [2.45, 2.75) is 11.3 Å². The van der Waals surface area contributed by atoms with Gasteiger partial charge in [-0.15, -0.1) is 0 Å². The van der Waals surface area contributed by atoms with Crippen LogP contribution in [0.1, 0.15) is 39.3 Å². The van der Waals surface area contributed by atoms with E-state index in [0.717, 1.165) is 16.0 Å². The van der Waals surface area contributed by atoms with Crippen LogP contribution in [0.3, 0.4) is 0 Å². The van der Waals surface area contributed by atoms with E-state index in [9.17, 15) is 4.21 Å². The first-order valence-corrected chi connectivity index (χ1v) is 12.0. The molecule has 33 heavy (non-hydrogen) atoms. The Morgan fingerprint density at radius 2 is 1.12 bits per heavy atom. The van der Waals surface area contributed by atoms with Gasteiger partial charge in [0, 0.05) is 5.92 Å². The minimum atomic E-state index is -0.565. The molecule has 1 spiro atoms. The first-order valence-electron chi connectivity index (χ1n) is 11.3. The van der Waals surface area contributed by atoms with Crippen molar-refractivity contribution in [2.75, 3.05) is 0 Å². The summed E-state index contributed by atoms with van der Waals surface area (Å²) in [5, 5.41) is 0. The molecule has 2 heteroatoms. The third kappa shape index (κ3) is 2.29. The number of rotatable bonds is 2. The Morgan fingerprint density at radius 1 is 0.606 bits per heavy atom. The van der Waals surface area contributed by atoms with Crippen LogP contribution in [0.25, 0.3) is 11.1 Å². The fraction of sp³-hybridized carbons (Fsp3) is 0.0645. The van der Waals surface area contributed by atoms with E-state index < -0.39 is 5.41 Å². The fourth-order valence-electron chi connectivity index (χ4n) is 6.30. The molecule has 0 heterocycles. The molecule has 0 aliphatic heterocycles. The molecule has 1 nitrogen and oxygen atoms in total. The highest BCUT2D eigenvalue weighted by molar-refractivity contribution is 7.68. The van der Waals surface area contributed by atoms with E-state index in [-0.39, 0.29) is 5.92 Å².